The number of carbonyl (C=O) groups excluding carboxylic acids is 1. The van der Waals surface area contributed by atoms with Gasteiger partial charge >= 0.3 is 0 Å². The van der Waals surface area contributed by atoms with Crippen LogP contribution in [0, 0.1) is 0 Å². The van der Waals surface area contributed by atoms with E-state index in [1.807, 2.05) is 17.5 Å². The molecule has 3 heterocycles. The van der Waals surface area contributed by atoms with Gasteiger partial charge in [0.15, 0.2) is 0 Å². The van der Waals surface area contributed by atoms with Gasteiger partial charge in [-0.15, -0.1) is 11.3 Å². The number of aryl methyl sites for hydroxylation is 1. The quantitative estimate of drug-likeness (QED) is 0.574. The Morgan fingerprint density at radius 2 is 2.00 bits per heavy atom. The Hall–Kier alpha value is -1.98. The van der Waals surface area contributed by atoms with Crippen molar-refractivity contribution in [3.05, 3.63) is 40.6 Å². The van der Waals surface area contributed by atoms with E-state index in [-0.39, 0.29) is 16.9 Å². The van der Waals surface area contributed by atoms with Crippen LogP contribution in [0.2, 0.25) is 0 Å². The van der Waals surface area contributed by atoms with Crippen LogP contribution in [0.1, 0.15) is 24.1 Å². The smallest absolute Gasteiger partial charge is 0.243 e. The third kappa shape index (κ3) is 5.87. The third-order valence-electron chi connectivity index (χ3n) is 5.60. The lowest BCUT2D eigenvalue weighted by molar-refractivity contribution is -0.116. The summed E-state index contributed by atoms with van der Waals surface area (Å²) in [5.74, 6) is -0.153. The number of rotatable bonds is 9. The van der Waals surface area contributed by atoms with Crippen LogP contribution in [0.5, 0.6) is 0 Å². The van der Waals surface area contributed by atoms with Gasteiger partial charge in [-0.25, -0.2) is 8.42 Å². The molecule has 1 aromatic heterocycles. The Morgan fingerprint density at radius 3 is 2.72 bits per heavy atom. The predicted molar refractivity (Wildman–Crippen MR) is 125 cm³/mol. The summed E-state index contributed by atoms with van der Waals surface area (Å²) in [6.45, 7) is 2.77. The second-order valence-electron chi connectivity index (χ2n) is 7.87. The van der Waals surface area contributed by atoms with Gasteiger partial charge in [0.25, 0.3) is 0 Å². The summed E-state index contributed by atoms with van der Waals surface area (Å²) in [7, 11) is -3.66. The normalized spacial score (nSPS) is 19.7. The lowest BCUT2D eigenvalue weighted by Crippen LogP contribution is -2.40. The zero-order valence-corrected chi connectivity index (χ0v) is 19.6. The number of morpholine rings is 1. The molecule has 0 bridgehead atoms. The fourth-order valence-electron chi connectivity index (χ4n) is 3.81. The fourth-order valence-corrected chi connectivity index (χ4v) is 5.95. The molecule has 0 aliphatic carbocycles. The molecule has 1 aromatic carbocycles. The molecule has 2 aromatic rings. The number of ether oxygens (including phenoxy) is 2. The number of nitrogens with zero attached hydrogens (tertiary/aromatic N) is 1. The largest absolute Gasteiger partial charge is 0.381 e. The van der Waals surface area contributed by atoms with Gasteiger partial charge in [-0.2, -0.15) is 4.31 Å². The molecule has 1 atom stereocenters. The van der Waals surface area contributed by atoms with Crippen molar-refractivity contribution in [2.75, 3.05) is 50.1 Å². The standard InChI is InChI=1S/C22H29N3O5S2/c26-22(8-5-18-4-2-14-31-18)24-21-15-19(32(27,28)25-9-12-29-13-10-25)6-7-20(21)23-16-17-3-1-11-30-17/h2,4,6-7,14-15,17,23H,1,3,5,8-13,16H2,(H,24,26). The number of carbonyl (C=O) groups is 1. The molecule has 4 rings (SSSR count). The van der Waals surface area contributed by atoms with E-state index in [2.05, 4.69) is 10.6 Å². The van der Waals surface area contributed by atoms with E-state index in [9.17, 15) is 13.2 Å². The van der Waals surface area contributed by atoms with Gasteiger partial charge < -0.3 is 20.1 Å². The molecular formula is C22H29N3O5S2. The first-order valence-corrected chi connectivity index (χ1v) is 13.2. The van der Waals surface area contributed by atoms with Crippen molar-refractivity contribution in [3.63, 3.8) is 0 Å². The molecule has 0 spiro atoms. The van der Waals surface area contributed by atoms with Gasteiger partial charge in [0, 0.05) is 37.5 Å². The maximum atomic E-state index is 13.1. The fraction of sp³-hybridized carbons (Fsp3) is 0.500. The maximum Gasteiger partial charge on any atom is 0.243 e. The summed E-state index contributed by atoms with van der Waals surface area (Å²) < 4.78 is 38.6. The van der Waals surface area contributed by atoms with Crippen molar-refractivity contribution in [2.45, 2.75) is 36.7 Å². The van der Waals surface area contributed by atoms with Crippen LogP contribution in [-0.2, 0) is 30.7 Å². The Morgan fingerprint density at radius 1 is 1.16 bits per heavy atom. The highest BCUT2D eigenvalue weighted by Crippen LogP contribution is 2.29. The van der Waals surface area contributed by atoms with Crippen molar-refractivity contribution < 1.29 is 22.7 Å². The van der Waals surface area contributed by atoms with Crippen molar-refractivity contribution in [3.8, 4) is 0 Å². The first kappa shape index (κ1) is 23.2. The minimum absolute atomic E-state index is 0.120. The molecule has 2 aliphatic heterocycles. The Balaban J connectivity index is 1.51. The van der Waals surface area contributed by atoms with E-state index < -0.39 is 10.0 Å². The number of anilines is 2. The second-order valence-corrected chi connectivity index (χ2v) is 10.8. The van der Waals surface area contributed by atoms with E-state index in [4.69, 9.17) is 9.47 Å². The summed E-state index contributed by atoms with van der Waals surface area (Å²) in [6.07, 6.45) is 3.11. The molecule has 32 heavy (non-hydrogen) atoms. The lowest BCUT2D eigenvalue weighted by Gasteiger charge is -2.26. The molecule has 2 fully saturated rings. The molecule has 2 saturated heterocycles. The van der Waals surface area contributed by atoms with Crippen LogP contribution < -0.4 is 10.6 Å². The minimum atomic E-state index is -3.66. The Labute approximate surface area is 193 Å². The number of sulfonamides is 1. The Kier molecular flexibility index (Phi) is 7.80. The number of thiophene rings is 1. The summed E-state index contributed by atoms with van der Waals surface area (Å²) in [6, 6.07) is 8.82. The third-order valence-corrected chi connectivity index (χ3v) is 8.43. The summed E-state index contributed by atoms with van der Waals surface area (Å²) in [5.41, 5.74) is 1.15. The molecule has 1 unspecified atom stereocenters. The zero-order valence-electron chi connectivity index (χ0n) is 17.9. The number of nitrogens with one attached hydrogen (secondary N) is 2. The zero-order chi connectivity index (χ0) is 22.4. The lowest BCUT2D eigenvalue weighted by atomic mass is 10.2. The van der Waals surface area contributed by atoms with Gasteiger partial charge in [0.05, 0.1) is 35.6 Å². The van der Waals surface area contributed by atoms with Crippen LogP contribution in [0.15, 0.2) is 40.6 Å². The summed E-state index contributed by atoms with van der Waals surface area (Å²) in [4.78, 5) is 13.9. The summed E-state index contributed by atoms with van der Waals surface area (Å²) >= 11 is 1.62. The highest BCUT2D eigenvalue weighted by molar-refractivity contribution is 7.89. The van der Waals surface area contributed by atoms with Gasteiger partial charge in [-0.05, 0) is 48.9 Å². The first-order valence-electron chi connectivity index (χ1n) is 10.9. The number of hydrogen-bond acceptors (Lipinski definition) is 7. The molecule has 1 amide bonds. The molecule has 2 aliphatic rings. The van der Waals surface area contributed by atoms with Crippen molar-refractivity contribution >= 4 is 38.6 Å². The maximum absolute atomic E-state index is 13.1. The molecule has 8 nitrogen and oxygen atoms in total. The van der Waals surface area contributed by atoms with E-state index >= 15 is 0 Å². The second kappa shape index (κ2) is 10.8. The van der Waals surface area contributed by atoms with E-state index in [1.54, 1.807) is 29.5 Å². The number of benzene rings is 1. The van der Waals surface area contributed by atoms with Gasteiger partial charge in [0.2, 0.25) is 15.9 Å². The van der Waals surface area contributed by atoms with Crippen LogP contribution >= 0.6 is 11.3 Å². The van der Waals surface area contributed by atoms with Crippen molar-refractivity contribution in [1.82, 2.24) is 4.31 Å². The van der Waals surface area contributed by atoms with Gasteiger partial charge in [-0.3, -0.25) is 4.79 Å². The number of amides is 1. The highest BCUT2D eigenvalue weighted by Gasteiger charge is 2.27. The van der Waals surface area contributed by atoms with Crippen LogP contribution in [0.4, 0.5) is 11.4 Å². The molecule has 0 saturated carbocycles. The van der Waals surface area contributed by atoms with Crippen molar-refractivity contribution in [2.24, 2.45) is 0 Å². The Bertz CT molecular complexity index is 999. The first-order chi connectivity index (χ1) is 15.5. The number of hydrogen-bond donors (Lipinski definition) is 2. The predicted octanol–water partition coefficient (Wildman–Crippen LogP) is 2.93. The molecule has 0 radical (unpaired) electrons. The van der Waals surface area contributed by atoms with Gasteiger partial charge in [-0.1, -0.05) is 6.07 Å². The summed E-state index contributed by atoms with van der Waals surface area (Å²) in [5, 5.41) is 8.23. The average Bonchev–Trinajstić information content (AvgIpc) is 3.52. The van der Waals surface area contributed by atoms with E-state index in [1.165, 1.54) is 4.31 Å². The molecule has 174 valence electrons. The average molecular weight is 480 g/mol. The highest BCUT2D eigenvalue weighted by atomic mass is 32.2. The van der Waals surface area contributed by atoms with Crippen LogP contribution in [0.3, 0.4) is 0 Å². The topological polar surface area (TPSA) is 97.0 Å². The minimum Gasteiger partial charge on any atom is -0.381 e. The molecule has 2 N–H and O–H groups in total. The van der Waals surface area contributed by atoms with Gasteiger partial charge in [0.1, 0.15) is 0 Å². The van der Waals surface area contributed by atoms with Crippen LogP contribution in [-0.4, -0.2) is 64.2 Å². The molecule has 10 heteroatoms. The SMILES string of the molecule is O=C(CCc1cccs1)Nc1cc(S(=O)(=O)N2CCOCC2)ccc1NCC1CCCO1. The van der Waals surface area contributed by atoms with E-state index in [0.717, 1.165) is 24.3 Å². The molecular weight excluding hydrogens is 450 g/mol. The van der Waals surface area contributed by atoms with Crippen molar-refractivity contribution in [1.29, 1.82) is 0 Å². The van der Waals surface area contributed by atoms with Crippen LogP contribution in [0.25, 0.3) is 0 Å². The van der Waals surface area contributed by atoms with E-state index in [0.29, 0.717) is 57.1 Å². The monoisotopic (exact) mass is 479 g/mol.